The van der Waals surface area contributed by atoms with Gasteiger partial charge in [0.15, 0.2) is 0 Å². The summed E-state index contributed by atoms with van der Waals surface area (Å²) in [5, 5.41) is 8.59. The van der Waals surface area contributed by atoms with Crippen LogP contribution < -0.4 is 0 Å². The zero-order valence-electron chi connectivity index (χ0n) is 21.5. The Hall–Kier alpha value is -3.35. The molecule has 4 aliphatic heterocycles. The summed E-state index contributed by atoms with van der Waals surface area (Å²) in [6.45, 7) is 7.48. The van der Waals surface area contributed by atoms with E-state index in [0.29, 0.717) is 25.7 Å². The maximum absolute atomic E-state index is 11.9. The first kappa shape index (κ1) is 28.2. The molecule has 0 aliphatic carbocycles. The van der Waals surface area contributed by atoms with E-state index in [1.165, 1.54) is 7.11 Å². The second-order valence-corrected chi connectivity index (χ2v) is 9.98. The molecule has 0 N–H and O–H groups in total. The van der Waals surface area contributed by atoms with Gasteiger partial charge in [-0.3, -0.25) is 9.59 Å². The van der Waals surface area contributed by atoms with Gasteiger partial charge in [-0.25, -0.2) is 9.59 Å². The van der Waals surface area contributed by atoms with Crippen LogP contribution in [-0.2, 0) is 23.8 Å². The molecule has 202 valence electrons. The Morgan fingerprint density at radius 2 is 1.22 bits per heavy atom. The molecule has 2 amide bonds. The molecule has 0 radical (unpaired) electrons. The molecule has 4 aliphatic rings. The van der Waals surface area contributed by atoms with Crippen molar-refractivity contribution in [2.75, 3.05) is 20.3 Å². The minimum Gasteiger partial charge on any atom is -0.469 e. The first-order valence-electron chi connectivity index (χ1n) is 12.9. The van der Waals surface area contributed by atoms with Crippen molar-refractivity contribution in [2.24, 2.45) is 11.8 Å². The van der Waals surface area contributed by atoms with E-state index in [4.69, 9.17) is 19.5 Å². The van der Waals surface area contributed by atoms with E-state index in [2.05, 4.69) is 13.2 Å². The number of ether oxygens (including phenoxy) is 3. The van der Waals surface area contributed by atoms with Crippen LogP contribution in [0.15, 0.2) is 25.3 Å². The fraction of sp³-hybridized carbons (Fsp3) is 0.667. The number of piperidine rings is 2. The highest BCUT2D eigenvalue weighted by Crippen LogP contribution is 2.40. The zero-order chi connectivity index (χ0) is 26.9. The van der Waals surface area contributed by atoms with Crippen molar-refractivity contribution in [1.82, 2.24) is 9.80 Å². The number of nitrogens with zero attached hydrogens (tertiary/aromatic N) is 3. The van der Waals surface area contributed by atoms with Crippen molar-refractivity contribution in [3.05, 3.63) is 25.3 Å². The van der Waals surface area contributed by atoms with Crippen molar-refractivity contribution in [1.29, 1.82) is 5.26 Å². The number of hydrogen-bond donors (Lipinski definition) is 0. The molecular formula is C27H37N3O7. The Kier molecular flexibility index (Phi) is 10.1. The van der Waals surface area contributed by atoms with Crippen LogP contribution in [0.5, 0.6) is 0 Å². The highest BCUT2D eigenvalue weighted by atomic mass is 16.6. The van der Waals surface area contributed by atoms with Gasteiger partial charge in [-0.15, -0.1) is 0 Å². The lowest BCUT2D eigenvalue weighted by Crippen LogP contribution is -2.48. The van der Waals surface area contributed by atoms with E-state index in [-0.39, 0.29) is 79.6 Å². The Morgan fingerprint density at radius 1 is 0.811 bits per heavy atom. The van der Waals surface area contributed by atoms with E-state index in [1.807, 2.05) is 6.07 Å². The zero-order valence-corrected chi connectivity index (χ0v) is 21.5. The fourth-order valence-electron chi connectivity index (χ4n) is 6.20. The van der Waals surface area contributed by atoms with Crippen molar-refractivity contribution in [3.8, 4) is 6.07 Å². The molecule has 4 heterocycles. The predicted molar refractivity (Wildman–Crippen MR) is 133 cm³/mol. The highest BCUT2D eigenvalue weighted by molar-refractivity contribution is 5.83. The Balaban J connectivity index is 0.000000206. The monoisotopic (exact) mass is 515 g/mol. The molecule has 10 heteroatoms. The van der Waals surface area contributed by atoms with Crippen molar-refractivity contribution >= 4 is 23.9 Å². The minimum atomic E-state index is -0.307. The first-order valence-corrected chi connectivity index (χ1v) is 12.9. The first-order chi connectivity index (χ1) is 17.8. The largest absolute Gasteiger partial charge is 0.469 e. The van der Waals surface area contributed by atoms with Gasteiger partial charge in [0.1, 0.15) is 19.0 Å². The SMILES string of the molecule is C=CCOC(=O)N1C2CCC1CC(C(=O)CC#N)C2.C=CCOC(=O)N1C2CCC1CC(C(=O)OC)C2. The lowest BCUT2D eigenvalue weighted by Gasteiger charge is -2.37. The summed E-state index contributed by atoms with van der Waals surface area (Å²) in [4.78, 5) is 50.8. The summed E-state index contributed by atoms with van der Waals surface area (Å²) >= 11 is 0. The number of nitriles is 1. The molecule has 4 atom stereocenters. The summed E-state index contributed by atoms with van der Waals surface area (Å²) in [6.07, 6.45) is 8.93. The molecular weight excluding hydrogens is 478 g/mol. The Morgan fingerprint density at radius 3 is 1.57 bits per heavy atom. The van der Waals surface area contributed by atoms with Gasteiger partial charge in [-0.2, -0.15) is 5.26 Å². The van der Waals surface area contributed by atoms with E-state index < -0.39 is 0 Å². The Labute approximate surface area is 218 Å². The van der Waals surface area contributed by atoms with Crippen molar-refractivity contribution in [2.45, 2.75) is 82.0 Å². The third-order valence-corrected chi connectivity index (χ3v) is 7.78. The molecule has 4 unspecified atom stereocenters. The third-order valence-electron chi connectivity index (χ3n) is 7.78. The van der Waals surface area contributed by atoms with Gasteiger partial charge in [0.05, 0.1) is 25.5 Å². The van der Waals surface area contributed by atoms with Gasteiger partial charge in [0.2, 0.25) is 0 Å². The molecule has 4 rings (SSSR count). The standard InChI is InChI=1S/C14H18N2O3.C13H19NO4/c1-2-7-19-14(18)16-11-3-4-12(16)9-10(8-11)13(17)5-6-15;1-3-6-18-13(16)14-10-4-5-11(14)8-9(7-10)12(15)17-2/h2,10-12H,1,3-5,7-9H2;3,9-11H,1,4-8H2,2H3. The number of carbonyl (C=O) groups excluding carboxylic acids is 4. The summed E-state index contributed by atoms with van der Waals surface area (Å²) in [5.41, 5.74) is 0. The third kappa shape index (κ3) is 6.70. The number of carbonyl (C=O) groups is 4. The highest BCUT2D eigenvalue weighted by Gasteiger charge is 2.47. The maximum atomic E-state index is 11.9. The van der Waals surface area contributed by atoms with Crippen LogP contribution in [0.2, 0.25) is 0 Å². The summed E-state index contributed by atoms with van der Waals surface area (Å²) in [5.74, 6) is -0.291. The summed E-state index contributed by atoms with van der Waals surface area (Å²) in [7, 11) is 1.41. The second-order valence-electron chi connectivity index (χ2n) is 9.98. The van der Waals surface area contributed by atoms with Gasteiger partial charge < -0.3 is 24.0 Å². The van der Waals surface area contributed by atoms with Gasteiger partial charge in [-0.1, -0.05) is 25.3 Å². The predicted octanol–water partition coefficient (Wildman–Crippen LogP) is 3.76. The molecule has 0 aromatic heterocycles. The van der Waals surface area contributed by atoms with Crippen LogP contribution in [0.4, 0.5) is 9.59 Å². The number of methoxy groups -OCH3 is 1. The fourth-order valence-corrected chi connectivity index (χ4v) is 6.20. The maximum Gasteiger partial charge on any atom is 0.410 e. The number of amides is 2. The van der Waals surface area contributed by atoms with Crippen LogP contribution in [-0.4, -0.2) is 78.2 Å². The minimum absolute atomic E-state index is 0.0125. The lowest BCUT2D eigenvalue weighted by molar-refractivity contribution is -0.147. The molecule has 4 saturated heterocycles. The normalized spacial score (nSPS) is 29.2. The van der Waals surface area contributed by atoms with E-state index in [0.717, 1.165) is 25.7 Å². The molecule has 10 nitrogen and oxygen atoms in total. The molecule has 37 heavy (non-hydrogen) atoms. The van der Waals surface area contributed by atoms with Crippen molar-refractivity contribution < 1.29 is 33.4 Å². The van der Waals surface area contributed by atoms with Crippen LogP contribution >= 0.6 is 0 Å². The van der Waals surface area contributed by atoms with E-state index in [1.54, 1.807) is 22.0 Å². The number of rotatable bonds is 7. The second kappa shape index (κ2) is 13.3. The van der Waals surface area contributed by atoms with E-state index >= 15 is 0 Å². The molecule has 0 aromatic carbocycles. The number of hydrogen-bond acceptors (Lipinski definition) is 8. The number of Topliss-reactive ketones (excluding diaryl/α,β-unsaturated/α-hetero) is 1. The van der Waals surface area contributed by atoms with Gasteiger partial charge >= 0.3 is 18.2 Å². The van der Waals surface area contributed by atoms with Crippen LogP contribution in [0, 0.1) is 23.2 Å². The molecule has 4 fully saturated rings. The lowest BCUT2D eigenvalue weighted by atomic mass is 9.86. The summed E-state index contributed by atoms with van der Waals surface area (Å²) in [6, 6.07) is 2.32. The van der Waals surface area contributed by atoms with Crippen LogP contribution in [0.3, 0.4) is 0 Å². The van der Waals surface area contributed by atoms with Crippen molar-refractivity contribution in [3.63, 3.8) is 0 Å². The van der Waals surface area contributed by atoms with Gasteiger partial charge in [0.25, 0.3) is 0 Å². The Bertz CT molecular complexity index is 901. The van der Waals surface area contributed by atoms with Gasteiger partial charge in [0, 0.05) is 30.1 Å². The average molecular weight is 516 g/mol. The smallest absolute Gasteiger partial charge is 0.410 e. The van der Waals surface area contributed by atoms with E-state index in [9.17, 15) is 19.2 Å². The van der Waals surface area contributed by atoms with Crippen LogP contribution in [0.25, 0.3) is 0 Å². The number of ketones is 1. The molecule has 0 aromatic rings. The average Bonchev–Trinajstić information content (AvgIpc) is 3.32. The van der Waals surface area contributed by atoms with Crippen LogP contribution in [0.1, 0.15) is 57.8 Å². The summed E-state index contributed by atoms with van der Waals surface area (Å²) < 4.78 is 15.0. The molecule has 0 spiro atoms. The number of fused-ring (bicyclic) bond motifs is 4. The quantitative estimate of drug-likeness (QED) is 0.285. The molecule has 0 saturated carbocycles. The molecule has 4 bridgehead atoms. The number of esters is 1. The van der Waals surface area contributed by atoms with Gasteiger partial charge in [-0.05, 0) is 51.4 Å². The topological polar surface area (TPSA) is 126 Å².